The third-order valence-electron chi connectivity index (χ3n) is 10.1. The van der Waals surface area contributed by atoms with E-state index in [0.717, 1.165) is 39.2 Å². The van der Waals surface area contributed by atoms with Gasteiger partial charge >= 0.3 is 0 Å². The minimum Gasteiger partial charge on any atom is -0.396 e. The maximum atomic E-state index is 13.2. The minimum atomic E-state index is -1.16. The largest absolute Gasteiger partial charge is 0.396 e. The number of nitrogens with zero attached hydrogens (tertiary/aromatic N) is 2. The number of carbonyl (C=O) groups excluding carboxylic acids is 2. The lowest BCUT2D eigenvalue weighted by Crippen LogP contribution is -2.56. The Kier molecular flexibility index (Phi) is 12.7. The van der Waals surface area contributed by atoms with E-state index >= 15 is 0 Å². The van der Waals surface area contributed by atoms with Gasteiger partial charge in [-0.05, 0) is 52.5 Å². The fourth-order valence-electron chi connectivity index (χ4n) is 6.25. The Labute approximate surface area is 308 Å². The molecule has 0 radical (unpaired) electrons. The zero-order chi connectivity index (χ0) is 38.5. The Morgan fingerprint density at radius 1 is 0.731 bits per heavy atom. The number of aliphatic imine (C=N–C) groups is 1. The summed E-state index contributed by atoms with van der Waals surface area (Å²) in [6.45, 7) is 15.4. The molecule has 0 fully saturated rings. The van der Waals surface area contributed by atoms with Crippen molar-refractivity contribution in [2.75, 3.05) is 27.4 Å². The van der Waals surface area contributed by atoms with Crippen LogP contribution in [0, 0.1) is 10.8 Å². The molecule has 282 valence electrons. The molecule has 1 aromatic heterocycles. The summed E-state index contributed by atoms with van der Waals surface area (Å²) in [5, 5.41) is 25.2. The number of ether oxygens (including phenoxy) is 2. The number of aromatic nitrogens is 2. The highest BCUT2D eigenvalue weighted by molar-refractivity contribution is 6.04. The molecule has 5 N–H and O–H groups in total. The normalized spacial score (nSPS) is 17.0. The second-order valence-corrected chi connectivity index (χ2v) is 16.2. The molecule has 11 heteroatoms. The van der Waals surface area contributed by atoms with Crippen molar-refractivity contribution in [2.45, 2.75) is 97.9 Å². The monoisotopic (exact) mass is 715 g/mol. The number of H-pyrrole nitrogens is 1. The molecular weight excluding hydrogens is 658 g/mol. The number of aliphatic hydroxyl groups excluding tert-OH is 2. The third-order valence-corrected chi connectivity index (χ3v) is 10.1. The van der Waals surface area contributed by atoms with Gasteiger partial charge in [-0.2, -0.15) is 0 Å². The van der Waals surface area contributed by atoms with Crippen LogP contribution in [0.4, 0.5) is 0 Å². The third kappa shape index (κ3) is 9.25. The smallest absolute Gasteiger partial charge is 0.252 e. The molecule has 0 spiro atoms. The van der Waals surface area contributed by atoms with Gasteiger partial charge in [-0.15, -0.1) is 0 Å². The van der Waals surface area contributed by atoms with Gasteiger partial charge in [0.25, 0.3) is 11.8 Å². The maximum Gasteiger partial charge on any atom is 0.252 e. The Morgan fingerprint density at radius 2 is 1.17 bits per heavy atom. The topological polar surface area (TPSA) is 158 Å². The molecule has 4 atom stereocenters. The molecule has 0 saturated heterocycles. The van der Waals surface area contributed by atoms with Crippen LogP contribution >= 0.6 is 0 Å². The molecular formula is C41H57N5O6. The molecule has 1 aliphatic rings. The van der Waals surface area contributed by atoms with E-state index in [1.165, 1.54) is 14.2 Å². The van der Waals surface area contributed by atoms with Crippen molar-refractivity contribution in [1.29, 1.82) is 0 Å². The summed E-state index contributed by atoms with van der Waals surface area (Å²) in [4.78, 5) is 39.3. The first-order valence-electron chi connectivity index (χ1n) is 17.8. The lowest BCUT2D eigenvalue weighted by atomic mass is 9.81. The van der Waals surface area contributed by atoms with Crippen molar-refractivity contribution in [1.82, 2.24) is 20.6 Å². The van der Waals surface area contributed by atoms with Crippen LogP contribution in [0.5, 0.6) is 0 Å². The highest BCUT2D eigenvalue weighted by Gasteiger charge is 2.40. The summed E-state index contributed by atoms with van der Waals surface area (Å²) in [7, 11) is 2.95. The molecule has 2 unspecified atom stereocenters. The van der Waals surface area contributed by atoms with E-state index < -0.39 is 17.2 Å². The number of aromatic amines is 1. The van der Waals surface area contributed by atoms with E-state index in [0.29, 0.717) is 12.2 Å². The Hall–Kier alpha value is -4.16. The predicted molar refractivity (Wildman–Crippen MR) is 205 cm³/mol. The number of imidazole rings is 1. The molecule has 2 aromatic carbocycles. The van der Waals surface area contributed by atoms with Crippen molar-refractivity contribution in [3.05, 3.63) is 72.3 Å². The van der Waals surface area contributed by atoms with E-state index in [2.05, 4.69) is 77.8 Å². The molecule has 2 heterocycles. The van der Waals surface area contributed by atoms with Gasteiger partial charge in [0.1, 0.15) is 17.0 Å². The Bertz CT molecular complexity index is 1750. The second kappa shape index (κ2) is 16.2. The molecule has 4 rings (SSSR count). The number of amides is 2. The van der Waals surface area contributed by atoms with Gasteiger partial charge in [-0.25, -0.2) is 4.98 Å². The van der Waals surface area contributed by atoms with E-state index in [-0.39, 0.29) is 54.7 Å². The number of hydrogen-bond donors (Lipinski definition) is 5. The van der Waals surface area contributed by atoms with Gasteiger partial charge in [0, 0.05) is 58.6 Å². The zero-order valence-corrected chi connectivity index (χ0v) is 32.4. The Balaban J connectivity index is 1.45. The summed E-state index contributed by atoms with van der Waals surface area (Å²) in [6, 6.07) is 15.9. The molecule has 0 saturated carbocycles. The van der Waals surface area contributed by atoms with Gasteiger partial charge in [0.15, 0.2) is 0 Å². The van der Waals surface area contributed by atoms with Gasteiger partial charge in [0.05, 0.1) is 24.0 Å². The van der Waals surface area contributed by atoms with Gasteiger partial charge in [-0.1, -0.05) is 90.1 Å². The summed E-state index contributed by atoms with van der Waals surface area (Å²) in [6.07, 6.45) is 4.65. The van der Waals surface area contributed by atoms with Gasteiger partial charge < -0.3 is 35.3 Å². The summed E-state index contributed by atoms with van der Waals surface area (Å²) in [5.74, 6) is 0.0571. The molecule has 0 bridgehead atoms. The fourth-order valence-corrected chi connectivity index (χ4v) is 6.25. The second-order valence-electron chi connectivity index (χ2n) is 16.2. The van der Waals surface area contributed by atoms with E-state index in [4.69, 9.17) is 14.5 Å². The first kappa shape index (κ1) is 40.6. The highest BCUT2D eigenvalue weighted by atomic mass is 16.5. The van der Waals surface area contributed by atoms with E-state index in [9.17, 15) is 19.8 Å². The van der Waals surface area contributed by atoms with Crippen molar-refractivity contribution >= 4 is 23.1 Å². The standard InChI is InChI=1S/C41H57N5O6/c1-38(2,3)33(45-36(49)40(7,51-9)19-21-47)31-23-30(24-42-31)28-13-11-26(12-14-28)27-15-17-29(18-16-27)32-25-43-35(44-32)34(39(4,5)6)46-37(50)41(8,52-10)20-22-48/h11-18,24-25,33-34,47-48H,19-23H2,1-10H3,(H,43,44)(H,45,49)(H,46,50)/t33-,34-,40?,41?/m1/s1. The maximum absolute atomic E-state index is 13.2. The number of benzene rings is 2. The lowest BCUT2D eigenvalue weighted by molar-refractivity contribution is -0.145. The van der Waals surface area contributed by atoms with Crippen LogP contribution < -0.4 is 10.6 Å². The number of rotatable bonds is 15. The van der Waals surface area contributed by atoms with E-state index in [1.807, 2.05) is 39.1 Å². The quantitative estimate of drug-likeness (QED) is 0.125. The van der Waals surface area contributed by atoms with Crippen LogP contribution in [0.1, 0.15) is 92.1 Å². The van der Waals surface area contributed by atoms with Crippen molar-refractivity contribution in [3.8, 4) is 22.4 Å². The molecule has 0 aliphatic carbocycles. The number of hydrogen-bond acceptors (Lipinski definition) is 8. The number of nitrogens with one attached hydrogen (secondary N) is 3. The fraction of sp³-hybridized carbons (Fsp3) is 0.512. The van der Waals surface area contributed by atoms with Crippen LogP contribution in [-0.4, -0.2) is 82.4 Å². The van der Waals surface area contributed by atoms with Crippen LogP contribution in [0.2, 0.25) is 0 Å². The number of carbonyl (C=O) groups is 2. The summed E-state index contributed by atoms with van der Waals surface area (Å²) in [5.41, 5.74) is 4.01. The molecule has 3 aromatic rings. The zero-order valence-electron chi connectivity index (χ0n) is 32.4. The van der Waals surface area contributed by atoms with Gasteiger partial charge in [-0.3, -0.25) is 14.6 Å². The summed E-state index contributed by atoms with van der Waals surface area (Å²) < 4.78 is 10.9. The van der Waals surface area contributed by atoms with Crippen LogP contribution in [0.15, 0.2) is 65.9 Å². The van der Waals surface area contributed by atoms with E-state index in [1.54, 1.807) is 20.0 Å². The Morgan fingerprint density at radius 3 is 1.62 bits per heavy atom. The molecule has 1 aliphatic heterocycles. The average molecular weight is 716 g/mol. The average Bonchev–Trinajstić information content (AvgIpc) is 3.79. The number of methoxy groups -OCH3 is 2. The van der Waals surface area contributed by atoms with Crippen molar-refractivity contribution < 1.29 is 29.3 Å². The first-order chi connectivity index (χ1) is 24.4. The van der Waals surface area contributed by atoms with Crippen molar-refractivity contribution in [3.63, 3.8) is 0 Å². The van der Waals surface area contributed by atoms with Gasteiger partial charge in [0.2, 0.25) is 0 Å². The highest BCUT2D eigenvalue weighted by Crippen LogP contribution is 2.35. The number of aliphatic hydroxyl groups is 2. The van der Waals surface area contributed by atoms with Crippen molar-refractivity contribution in [2.24, 2.45) is 15.8 Å². The molecule has 52 heavy (non-hydrogen) atoms. The van der Waals surface area contributed by atoms with Crippen LogP contribution in [-0.2, 0) is 19.1 Å². The summed E-state index contributed by atoms with van der Waals surface area (Å²) >= 11 is 0. The minimum absolute atomic E-state index is 0.153. The van der Waals surface area contributed by atoms with Crippen LogP contribution in [0.25, 0.3) is 28.0 Å². The van der Waals surface area contributed by atoms with Crippen LogP contribution in [0.3, 0.4) is 0 Å². The number of allylic oxidation sites excluding steroid dienone is 1. The molecule has 2 amide bonds. The molecule has 11 nitrogen and oxygen atoms in total. The first-order valence-corrected chi connectivity index (χ1v) is 17.8. The lowest BCUT2D eigenvalue weighted by Gasteiger charge is -2.35. The SMILES string of the molecule is COC(C)(CCO)C(=O)N[C@H](C1=NC=C(c2ccc(-c3ccc(-c4cnc([C@@H](NC(=O)C(C)(CCO)OC)C(C)(C)C)[nH]4)cc3)cc2)C1)C(C)(C)C. The predicted octanol–water partition coefficient (Wildman–Crippen LogP) is 6.24.